The van der Waals surface area contributed by atoms with Crippen LogP contribution < -0.4 is 5.32 Å². The van der Waals surface area contributed by atoms with E-state index in [2.05, 4.69) is 5.32 Å². The molecule has 5 heteroatoms. The quantitative estimate of drug-likeness (QED) is 0.699. The Morgan fingerprint density at radius 3 is 2.28 bits per heavy atom. The van der Waals surface area contributed by atoms with Crippen LogP contribution in [-0.4, -0.2) is 34.2 Å². The highest BCUT2D eigenvalue weighted by molar-refractivity contribution is 5.85. The molecule has 2 fully saturated rings. The van der Waals surface area contributed by atoms with Crippen molar-refractivity contribution in [2.24, 2.45) is 11.8 Å². The predicted molar refractivity (Wildman–Crippen MR) is 64.9 cm³/mol. The highest BCUT2D eigenvalue weighted by Gasteiger charge is 2.39. The Morgan fingerprint density at radius 1 is 0.944 bits per heavy atom. The van der Waals surface area contributed by atoms with Crippen LogP contribution in [-0.2, 0) is 9.59 Å². The Bertz CT molecular complexity index is 331. The maximum absolute atomic E-state index is 12.1. The number of nitrogens with one attached hydrogen (secondary N) is 1. The molecule has 1 amide bonds. The lowest BCUT2D eigenvalue weighted by atomic mass is 9.90. The zero-order valence-electron chi connectivity index (χ0n) is 10.5. The van der Waals surface area contributed by atoms with E-state index in [0.717, 1.165) is 32.1 Å². The Kier molecular flexibility index (Phi) is 4.22. The fourth-order valence-electron chi connectivity index (χ4n) is 3.14. The molecule has 0 radical (unpaired) electrons. The number of aliphatic hydroxyl groups is 1. The van der Waals surface area contributed by atoms with E-state index in [-0.39, 0.29) is 11.9 Å². The molecule has 2 aliphatic rings. The molecule has 0 bridgehead atoms. The molecule has 2 aliphatic carbocycles. The largest absolute Gasteiger partial charge is 0.481 e. The lowest BCUT2D eigenvalue weighted by Crippen LogP contribution is -2.48. The topological polar surface area (TPSA) is 86.6 Å². The summed E-state index contributed by atoms with van der Waals surface area (Å²) in [4.78, 5) is 23.1. The van der Waals surface area contributed by atoms with E-state index >= 15 is 0 Å². The highest BCUT2D eigenvalue weighted by atomic mass is 16.4. The molecule has 0 spiro atoms. The van der Waals surface area contributed by atoms with Gasteiger partial charge in [-0.3, -0.25) is 9.59 Å². The third kappa shape index (κ3) is 2.83. The van der Waals surface area contributed by atoms with Gasteiger partial charge in [0.05, 0.1) is 24.0 Å². The molecular formula is C13H21NO4. The van der Waals surface area contributed by atoms with Crippen LogP contribution in [0.5, 0.6) is 0 Å². The van der Waals surface area contributed by atoms with Gasteiger partial charge in [0.2, 0.25) is 5.91 Å². The lowest BCUT2D eigenvalue weighted by Gasteiger charge is -2.29. The maximum Gasteiger partial charge on any atom is 0.307 e. The monoisotopic (exact) mass is 255 g/mol. The first kappa shape index (κ1) is 13.3. The molecule has 0 saturated heterocycles. The molecule has 0 heterocycles. The van der Waals surface area contributed by atoms with Crippen LogP contribution in [0.2, 0.25) is 0 Å². The fourth-order valence-corrected chi connectivity index (χ4v) is 3.14. The van der Waals surface area contributed by atoms with Gasteiger partial charge in [0.25, 0.3) is 0 Å². The Morgan fingerprint density at radius 2 is 1.61 bits per heavy atom. The molecule has 0 aromatic heterocycles. The SMILES string of the molecule is O=C(O)[C@H]1CCC[C@H]1C(=O)N[C@H]1CCCC[C@@H]1O. The number of aliphatic hydroxyl groups excluding tert-OH is 1. The van der Waals surface area contributed by atoms with E-state index in [9.17, 15) is 14.7 Å². The second kappa shape index (κ2) is 5.69. The lowest BCUT2D eigenvalue weighted by molar-refractivity contribution is -0.146. The molecular weight excluding hydrogens is 234 g/mol. The summed E-state index contributed by atoms with van der Waals surface area (Å²) in [5.74, 6) is -2.04. The average molecular weight is 255 g/mol. The van der Waals surface area contributed by atoms with Gasteiger partial charge in [-0.15, -0.1) is 0 Å². The van der Waals surface area contributed by atoms with E-state index < -0.39 is 23.9 Å². The van der Waals surface area contributed by atoms with E-state index in [1.807, 2.05) is 0 Å². The molecule has 0 aromatic carbocycles. The van der Waals surface area contributed by atoms with Gasteiger partial charge in [0, 0.05) is 0 Å². The molecule has 102 valence electrons. The van der Waals surface area contributed by atoms with Crippen molar-refractivity contribution in [1.29, 1.82) is 0 Å². The second-order valence-electron chi connectivity index (χ2n) is 5.45. The van der Waals surface area contributed by atoms with Crippen LogP contribution in [0.15, 0.2) is 0 Å². The van der Waals surface area contributed by atoms with Crippen molar-refractivity contribution in [3.8, 4) is 0 Å². The zero-order chi connectivity index (χ0) is 13.1. The third-order valence-corrected chi connectivity index (χ3v) is 4.23. The molecule has 2 rings (SSSR count). The molecule has 0 aliphatic heterocycles. The fraction of sp³-hybridized carbons (Fsp3) is 0.846. The first-order valence-electron chi connectivity index (χ1n) is 6.81. The van der Waals surface area contributed by atoms with Crippen LogP contribution in [0, 0.1) is 11.8 Å². The van der Waals surface area contributed by atoms with Gasteiger partial charge in [-0.2, -0.15) is 0 Å². The minimum atomic E-state index is -0.878. The summed E-state index contributed by atoms with van der Waals surface area (Å²) < 4.78 is 0. The number of hydrogen-bond acceptors (Lipinski definition) is 3. The van der Waals surface area contributed by atoms with E-state index in [4.69, 9.17) is 5.11 Å². The van der Waals surface area contributed by atoms with E-state index in [1.54, 1.807) is 0 Å². The molecule has 0 unspecified atom stereocenters. The number of carboxylic acid groups (broad SMARTS) is 1. The molecule has 2 saturated carbocycles. The summed E-state index contributed by atoms with van der Waals surface area (Å²) in [7, 11) is 0. The van der Waals surface area contributed by atoms with Crippen molar-refractivity contribution in [3.63, 3.8) is 0 Å². The smallest absolute Gasteiger partial charge is 0.307 e. The summed E-state index contributed by atoms with van der Waals surface area (Å²) in [6.45, 7) is 0. The predicted octanol–water partition coefficient (Wildman–Crippen LogP) is 0.907. The number of amides is 1. The average Bonchev–Trinajstić information content (AvgIpc) is 2.81. The second-order valence-corrected chi connectivity index (χ2v) is 5.45. The number of carbonyl (C=O) groups excluding carboxylic acids is 1. The summed E-state index contributed by atoms with van der Waals surface area (Å²) in [5, 5.41) is 21.7. The Balaban J connectivity index is 1.92. The van der Waals surface area contributed by atoms with Crippen molar-refractivity contribution in [2.45, 2.75) is 57.1 Å². The molecule has 3 N–H and O–H groups in total. The van der Waals surface area contributed by atoms with Crippen LogP contribution in [0.25, 0.3) is 0 Å². The van der Waals surface area contributed by atoms with Gasteiger partial charge in [0.15, 0.2) is 0 Å². The van der Waals surface area contributed by atoms with Gasteiger partial charge in [-0.25, -0.2) is 0 Å². The minimum absolute atomic E-state index is 0.189. The van der Waals surface area contributed by atoms with Gasteiger partial charge in [0.1, 0.15) is 0 Å². The first-order chi connectivity index (χ1) is 8.59. The number of hydrogen-bond donors (Lipinski definition) is 3. The van der Waals surface area contributed by atoms with E-state index in [1.165, 1.54) is 0 Å². The van der Waals surface area contributed by atoms with Gasteiger partial charge in [-0.1, -0.05) is 19.3 Å². The Labute approximate surface area is 107 Å². The third-order valence-electron chi connectivity index (χ3n) is 4.23. The minimum Gasteiger partial charge on any atom is -0.481 e. The van der Waals surface area contributed by atoms with Crippen molar-refractivity contribution in [2.75, 3.05) is 0 Å². The number of carboxylic acids is 1. The van der Waals surface area contributed by atoms with Crippen LogP contribution in [0.4, 0.5) is 0 Å². The van der Waals surface area contributed by atoms with Gasteiger partial charge in [-0.05, 0) is 25.7 Å². The summed E-state index contributed by atoms with van der Waals surface area (Å²) in [5.41, 5.74) is 0. The van der Waals surface area contributed by atoms with Crippen LogP contribution in [0.1, 0.15) is 44.9 Å². The molecule has 4 atom stereocenters. The number of rotatable bonds is 3. The summed E-state index contributed by atoms with van der Waals surface area (Å²) >= 11 is 0. The molecule has 18 heavy (non-hydrogen) atoms. The Hall–Kier alpha value is -1.10. The molecule has 5 nitrogen and oxygen atoms in total. The van der Waals surface area contributed by atoms with Gasteiger partial charge >= 0.3 is 5.97 Å². The van der Waals surface area contributed by atoms with Crippen molar-refractivity contribution >= 4 is 11.9 Å². The number of aliphatic carboxylic acids is 1. The highest BCUT2D eigenvalue weighted by Crippen LogP contribution is 2.32. The van der Waals surface area contributed by atoms with Gasteiger partial charge < -0.3 is 15.5 Å². The first-order valence-corrected chi connectivity index (χ1v) is 6.81. The van der Waals surface area contributed by atoms with Crippen molar-refractivity contribution in [1.82, 2.24) is 5.32 Å². The zero-order valence-corrected chi connectivity index (χ0v) is 10.5. The van der Waals surface area contributed by atoms with Crippen molar-refractivity contribution in [3.05, 3.63) is 0 Å². The normalized spacial score (nSPS) is 36.3. The van der Waals surface area contributed by atoms with Crippen molar-refractivity contribution < 1.29 is 19.8 Å². The number of carbonyl (C=O) groups is 2. The standard InChI is InChI=1S/C13H21NO4/c15-11-7-2-1-6-10(11)14-12(16)8-4-3-5-9(8)13(17)18/h8-11,15H,1-7H2,(H,14,16)(H,17,18)/t8-,9+,10+,11+/m1/s1. The summed E-state index contributed by atoms with van der Waals surface area (Å²) in [6.07, 6.45) is 5.06. The van der Waals surface area contributed by atoms with Crippen LogP contribution in [0.3, 0.4) is 0 Å². The summed E-state index contributed by atoms with van der Waals surface area (Å²) in [6, 6.07) is -0.193. The maximum atomic E-state index is 12.1. The molecule has 0 aromatic rings. The van der Waals surface area contributed by atoms with Crippen LogP contribution >= 0.6 is 0 Å². The van der Waals surface area contributed by atoms with E-state index in [0.29, 0.717) is 12.8 Å².